The van der Waals surface area contributed by atoms with E-state index in [0.29, 0.717) is 0 Å². The highest BCUT2D eigenvalue weighted by Gasteiger charge is 2.40. The van der Waals surface area contributed by atoms with Crippen LogP contribution >= 0.6 is 0 Å². The fourth-order valence-electron chi connectivity index (χ4n) is 2.69. The molecule has 4 nitrogen and oxygen atoms in total. The third kappa shape index (κ3) is 2.55. The number of nitrogens with one attached hydrogen (secondary N) is 1. The first-order valence-corrected chi connectivity index (χ1v) is 7.03. The first kappa shape index (κ1) is 14.6. The largest absolute Gasteiger partial charge is 0.342 e. The highest BCUT2D eigenvalue weighted by atomic mass is 16.2. The normalized spacial score (nSPS) is 23.2. The van der Waals surface area contributed by atoms with Gasteiger partial charge in [0.2, 0.25) is 5.91 Å². The van der Waals surface area contributed by atoms with E-state index in [9.17, 15) is 9.59 Å². The molecule has 20 heavy (non-hydrogen) atoms. The molecule has 1 saturated heterocycles. The molecule has 0 radical (unpaired) electrons. The molecule has 1 N–H and O–H groups in total. The van der Waals surface area contributed by atoms with Gasteiger partial charge in [0.05, 0.1) is 0 Å². The van der Waals surface area contributed by atoms with Crippen molar-refractivity contribution in [3.8, 4) is 0 Å². The number of anilines is 1. The average Bonchev–Trinajstić information content (AvgIpc) is 2.32. The Morgan fingerprint density at radius 3 is 2.15 bits per heavy atom. The van der Waals surface area contributed by atoms with Gasteiger partial charge in [0.1, 0.15) is 12.1 Å². The summed E-state index contributed by atoms with van der Waals surface area (Å²) in [4.78, 5) is 26.4. The van der Waals surface area contributed by atoms with E-state index in [0.717, 1.165) is 16.8 Å². The molecule has 1 aromatic carbocycles. The summed E-state index contributed by atoms with van der Waals surface area (Å²) in [5, 5.41) is 2.81. The van der Waals surface area contributed by atoms with Crippen LogP contribution in [0.5, 0.6) is 0 Å². The number of hydrogen-bond acceptors (Lipinski definition) is 2. The van der Waals surface area contributed by atoms with Gasteiger partial charge in [0, 0.05) is 5.69 Å². The number of aryl methyl sites for hydroxylation is 2. The van der Waals surface area contributed by atoms with Crippen LogP contribution in [0.25, 0.3) is 0 Å². The zero-order valence-corrected chi connectivity index (χ0v) is 12.7. The van der Waals surface area contributed by atoms with Crippen LogP contribution in [-0.4, -0.2) is 23.9 Å². The Morgan fingerprint density at radius 1 is 1.10 bits per heavy atom. The molecule has 2 rings (SSSR count). The van der Waals surface area contributed by atoms with Gasteiger partial charge < -0.3 is 5.32 Å². The van der Waals surface area contributed by atoms with Crippen molar-refractivity contribution in [1.82, 2.24) is 5.32 Å². The van der Waals surface area contributed by atoms with Crippen molar-refractivity contribution in [3.05, 3.63) is 29.3 Å². The minimum Gasteiger partial charge on any atom is -0.342 e. The topological polar surface area (TPSA) is 49.4 Å². The Kier molecular flexibility index (Phi) is 3.84. The summed E-state index contributed by atoms with van der Waals surface area (Å²) >= 11 is 0. The lowest BCUT2D eigenvalue weighted by molar-refractivity contribution is -0.134. The second-order valence-electron chi connectivity index (χ2n) is 5.96. The molecular weight excluding hydrogens is 252 g/mol. The number of rotatable bonds is 2. The zero-order valence-electron chi connectivity index (χ0n) is 12.7. The third-order valence-corrected chi connectivity index (χ3v) is 3.72. The minimum absolute atomic E-state index is 0.0305. The number of piperazine rings is 1. The van der Waals surface area contributed by atoms with Crippen LogP contribution in [0.4, 0.5) is 5.69 Å². The van der Waals surface area contributed by atoms with Crippen molar-refractivity contribution in [2.75, 3.05) is 4.90 Å². The molecular formula is C16H22N2O2. The van der Waals surface area contributed by atoms with Crippen LogP contribution in [0, 0.1) is 19.8 Å². The Morgan fingerprint density at radius 2 is 1.65 bits per heavy atom. The van der Waals surface area contributed by atoms with E-state index in [4.69, 9.17) is 0 Å². The summed E-state index contributed by atoms with van der Waals surface area (Å²) in [6, 6.07) is 5.05. The van der Waals surface area contributed by atoms with E-state index < -0.39 is 12.1 Å². The van der Waals surface area contributed by atoms with Gasteiger partial charge in [0.25, 0.3) is 5.91 Å². The van der Waals surface area contributed by atoms with Gasteiger partial charge in [-0.15, -0.1) is 0 Å². The first-order valence-electron chi connectivity index (χ1n) is 7.03. The van der Waals surface area contributed by atoms with Crippen molar-refractivity contribution >= 4 is 17.5 Å². The van der Waals surface area contributed by atoms with Crippen molar-refractivity contribution < 1.29 is 9.59 Å². The first-order chi connectivity index (χ1) is 9.31. The Hall–Kier alpha value is -1.84. The summed E-state index contributed by atoms with van der Waals surface area (Å²) in [5.41, 5.74) is 2.99. The fraction of sp³-hybridized carbons (Fsp3) is 0.500. The van der Waals surface area contributed by atoms with Gasteiger partial charge in [-0.05, 0) is 49.9 Å². The molecule has 0 saturated carbocycles. The molecule has 1 aromatic rings. The second-order valence-corrected chi connectivity index (χ2v) is 5.96. The summed E-state index contributed by atoms with van der Waals surface area (Å²) in [6.45, 7) is 9.64. The maximum absolute atomic E-state index is 12.7. The van der Waals surface area contributed by atoms with E-state index in [1.54, 1.807) is 11.8 Å². The molecule has 0 aromatic heterocycles. The minimum atomic E-state index is -0.473. The lowest BCUT2D eigenvalue weighted by Crippen LogP contribution is -2.64. The van der Waals surface area contributed by atoms with Gasteiger partial charge in [-0.25, -0.2) is 0 Å². The van der Waals surface area contributed by atoms with Crippen LogP contribution in [0.3, 0.4) is 0 Å². The highest BCUT2D eigenvalue weighted by molar-refractivity contribution is 6.08. The van der Waals surface area contributed by atoms with E-state index in [1.807, 2.05) is 39.8 Å². The van der Waals surface area contributed by atoms with E-state index in [1.165, 1.54) is 0 Å². The quantitative estimate of drug-likeness (QED) is 0.898. The third-order valence-electron chi connectivity index (χ3n) is 3.72. The lowest BCUT2D eigenvalue weighted by Gasteiger charge is -2.39. The second kappa shape index (κ2) is 5.27. The molecule has 1 aliphatic rings. The molecule has 1 fully saturated rings. The average molecular weight is 274 g/mol. The highest BCUT2D eigenvalue weighted by Crippen LogP contribution is 2.25. The van der Waals surface area contributed by atoms with Gasteiger partial charge in [-0.3, -0.25) is 14.5 Å². The summed E-state index contributed by atoms with van der Waals surface area (Å²) in [6.07, 6.45) is 0. The molecule has 2 amide bonds. The summed E-state index contributed by atoms with van der Waals surface area (Å²) in [5.74, 6) is -0.0492. The van der Waals surface area contributed by atoms with Gasteiger partial charge in [0.15, 0.2) is 0 Å². The van der Waals surface area contributed by atoms with Gasteiger partial charge in [-0.2, -0.15) is 0 Å². The maximum Gasteiger partial charge on any atom is 0.250 e. The molecule has 1 aliphatic heterocycles. The number of carbonyl (C=O) groups excluding carboxylic acids is 2. The Balaban J connectivity index is 2.45. The Labute approximate surface area is 120 Å². The zero-order chi connectivity index (χ0) is 15.0. The van der Waals surface area contributed by atoms with Crippen LogP contribution in [0.15, 0.2) is 18.2 Å². The molecule has 1 heterocycles. The van der Waals surface area contributed by atoms with Crippen molar-refractivity contribution in [2.24, 2.45) is 5.92 Å². The lowest BCUT2D eigenvalue weighted by atomic mass is 9.97. The van der Waals surface area contributed by atoms with Crippen LogP contribution < -0.4 is 10.2 Å². The fourth-order valence-corrected chi connectivity index (χ4v) is 2.69. The molecule has 4 heteroatoms. The number of hydrogen-bond donors (Lipinski definition) is 1. The number of benzene rings is 1. The van der Waals surface area contributed by atoms with Crippen LogP contribution in [0.2, 0.25) is 0 Å². The van der Waals surface area contributed by atoms with Crippen molar-refractivity contribution in [1.29, 1.82) is 0 Å². The number of amides is 2. The van der Waals surface area contributed by atoms with E-state index in [-0.39, 0.29) is 17.7 Å². The maximum atomic E-state index is 12.7. The molecule has 108 valence electrons. The smallest absolute Gasteiger partial charge is 0.250 e. The molecule has 0 spiro atoms. The van der Waals surface area contributed by atoms with E-state index >= 15 is 0 Å². The molecule has 0 aliphatic carbocycles. The van der Waals surface area contributed by atoms with Crippen LogP contribution in [-0.2, 0) is 9.59 Å². The van der Waals surface area contributed by atoms with Crippen molar-refractivity contribution in [2.45, 2.75) is 46.7 Å². The predicted molar refractivity (Wildman–Crippen MR) is 79.6 cm³/mol. The number of carbonyl (C=O) groups is 2. The standard InChI is InChI=1S/C16H22N2O2/c1-9(2)14-16(20)18(12(5)15(19)17-14)13-7-10(3)6-11(4)8-13/h6-9,12,14H,1-5H3,(H,17,19). The number of nitrogens with zero attached hydrogens (tertiary/aromatic N) is 1. The van der Waals surface area contributed by atoms with Gasteiger partial charge >= 0.3 is 0 Å². The summed E-state index contributed by atoms with van der Waals surface area (Å²) in [7, 11) is 0. The molecule has 0 bridgehead atoms. The SMILES string of the molecule is Cc1cc(C)cc(N2C(=O)C(C(C)C)NC(=O)C2C)c1. The monoisotopic (exact) mass is 274 g/mol. The molecule has 2 atom stereocenters. The summed E-state index contributed by atoms with van der Waals surface area (Å²) < 4.78 is 0. The van der Waals surface area contributed by atoms with Crippen molar-refractivity contribution in [3.63, 3.8) is 0 Å². The molecule has 2 unspecified atom stereocenters. The Bertz CT molecular complexity index is 531. The van der Waals surface area contributed by atoms with E-state index in [2.05, 4.69) is 11.4 Å². The van der Waals surface area contributed by atoms with Crippen LogP contribution in [0.1, 0.15) is 31.9 Å². The predicted octanol–water partition coefficient (Wildman–Crippen LogP) is 2.18. The van der Waals surface area contributed by atoms with Gasteiger partial charge in [-0.1, -0.05) is 19.9 Å².